The van der Waals surface area contributed by atoms with Gasteiger partial charge >= 0.3 is 0 Å². The van der Waals surface area contributed by atoms with E-state index in [1.807, 2.05) is 0 Å². The Morgan fingerprint density at radius 1 is 0.724 bits per heavy atom. The van der Waals surface area contributed by atoms with Crippen LogP contribution < -0.4 is 0 Å². The minimum absolute atomic E-state index is 0.0137. The van der Waals surface area contributed by atoms with Crippen LogP contribution in [-0.4, -0.2) is 23.2 Å². The fraction of sp³-hybridized carbons (Fsp3) is 0.0526. The molecule has 0 saturated heterocycles. The SMILES string of the molecule is O=S(=O)(O)C(c1ccccc1)(c1cc(Cl)c(Cl)cc1Cl)c1cc(O)cc(Cl)c1O. The number of aromatic hydroxyl groups is 2. The minimum atomic E-state index is -5.11. The summed E-state index contributed by atoms with van der Waals surface area (Å²) in [6.07, 6.45) is 0. The van der Waals surface area contributed by atoms with Gasteiger partial charge in [0.15, 0.2) is 4.75 Å². The lowest BCUT2D eigenvalue weighted by Crippen LogP contribution is -2.38. The molecule has 3 N–H and O–H groups in total. The van der Waals surface area contributed by atoms with Crippen molar-refractivity contribution in [1.29, 1.82) is 0 Å². The molecule has 10 heteroatoms. The standard InChI is InChI=1S/C19H12Cl4O5S/c20-14-9-16(22)15(21)8-12(14)19(29(26,27)28,10-4-2-1-3-5-10)13-6-11(24)7-17(23)18(13)25/h1-9,24-25H,(H,26,27,28). The van der Waals surface area contributed by atoms with E-state index >= 15 is 0 Å². The maximum Gasteiger partial charge on any atom is 0.283 e. The number of rotatable bonds is 4. The molecule has 0 heterocycles. The normalized spacial score (nSPS) is 13.8. The highest BCUT2D eigenvalue weighted by Crippen LogP contribution is 2.52. The zero-order chi connectivity index (χ0) is 21.6. The van der Waals surface area contributed by atoms with Gasteiger partial charge in [-0.2, -0.15) is 8.42 Å². The lowest BCUT2D eigenvalue weighted by atomic mass is 9.83. The third-order valence-corrected chi connectivity index (χ3v) is 7.16. The Labute approximate surface area is 186 Å². The number of hydrogen-bond donors (Lipinski definition) is 3. The van der Waals surface area contributed by atoms with Gasteiger partial charge in [-0.05, 0) is 23.8 Å². The van der Waals surface area contributed by atoms with Gasteiger partial charge in [0.2, 0.25) is 0 Å². The van der Waals surface area contributed by atoms with E-state index in [0.717, 1.165) is 12.1 Å². The highest BCUT2D eigenvalue weighted by molar-refractivity contribution is 7.87. The molecule has 3 aromatic carbocycles. The molecule has 0 aliphatic carbocycles. The van der Waals surface area contributed by atoms with Crippen LogP contribution in [0.4, 0.5) is 0 Å². The molecule has 1 unspecified atom stereocenters. The molecular weight excluding hydrogens is 482 g/mol. The van der Waals surface area contributed by atoms with Crippen molar-refractivity contribution in [2.45, 2.75) is 4.75 Å². The van der Waals surface area contributed by atoms with Gasteiger partial charge in [-0.3, -0.25) is 4.55 Å². The number of phenols is 2. The summed E-state index contributed by atoms with van der Waals surface area (Å²) >= 11 is 24.4. The molecule has 0 aliphatic heterocycles. The van der Waals surface area contributed by atoms with Crippen molar-refractivity contribution in [3.8, 4) is 11.5 Å². The van der Waals surface area contributed by atoms with E-state index in [2.05, 4.69) is 0 Å². The lowest BCUT2D eigenvalue weighted by Gasteiger charge is -2.34. The molecular formula is C19H12Cl4O5S. The van der Waals surface area contributed by atoms with Crippen molar-refractivity contribution in [3.05, 3.63) is 91.4 Å². The highest BCUT2D eigenvalue weighted by atomic mass is 35.5. The van der Waals surface area contributed by atoms with E-state index in [4.69, 9.17) is 46.4 Å². The summed E-state index contributed by atoms with van der Waals surface area (Å²) in [5.74, 6) is -1.11. The van der Waals surface area contributed by atoms with Crippen molar-refractivity contribution >= 4 is 56.5 Å². The van der Waals surface area contributed by atoms with Crippen molar-refractivity contribution < 1.29 is 23.2 Å². The maximum absolute atomic E-state index is 13.0. The average molecular weight is 494 g/mol. The molecule has 1 atom stereocenters. The number of phenolic OH excluding ortho intramolecular Hbond substituents is 2. The van der Waals surface area contributed by atoms with E-state index < -0.39 is 31.9 Å². The molecule has 5 nitrogen and oxygen atoms in total. The minimum Gasteiger partial charge on any atom is -0.508 e. The smallest absolute Gasteiger partial charge is 0.283 e. The van der Waals surface area contributed by atoms with Gasteiger partial charge in [-0.15, -0.1) is 0 Å². The largest absolute Gasteiger partial charge is 0.508 e. The molecule has 0 saturated carbocycles. The molecule has 0 bridgehead atoms. The second-order valence-corrected chi connectivity index (χ2v) is 9.28. The maximum atomic E-state index is 13.0. The van der Waals surface area contributed by atoms with Crippen LogP contribution in [0, 0.1) is 0 Å². The Hall–Kier alpha value is -1.67. The van der Waals surface area contributed by atoms with Crippen LogP contribution in [-0.2, 0) is 14.9 Å². The van der Waals surface area contributed by atoms with E-state index in [1.54, 1.807) is 6.07 Å². The first-order valence-electron chi connectivity index (χ1n) is 7.89. The van der Waals surface area contributed by atoms with E-state index in [0.29, 0.717) is 0 Å². The molecule has 29 heavy (non-hydrogen) atoms. The Morgan fingerprint density at radius 3 is 1.90 bits per heavy atom. The lowest BCUT2D eigenvalue weighted by molar-refractivity contribution is 0.435. The van der Waals surface area contributed by atoms with Crippen molar-refractivity contribution in [3.63, 3.8) is 0 Å². The fourth-order valence-corrected chi connectivity index (χ4v) is 5.47. The molecule has 152 valence electrons. The van der Waals surface area contributed by atoms with Gasteiger partial charge in [-0.25, -0.2) is 0 Å². The molecule has 3 aromatic rings. The average Bonchev–Trinajstić information content (AvgIpc) is 2.63. The number of benzene rings is 3. The Bertz CT molecular complexity index is 1200. The van der Waals surface area contributed by atoms with Crippen LogP contribution in [0.3, 0.4) is 0 Å². The van der Waals surface area contributed by atoms with Gasteiger partial charge in [0.25, 0.3) is 10.1 Å². The number of halogens is 4. The van der Waals surface area contributed by atoms with Gasteiger partial charge < -0.3 is 10.2 Å². The van der Waals surface area contributed by atoms with Crippen molar-refractivity contribution in [1.82, 2.24) is 0 Å². The van der Waals surface area contributed by atoms with Crippen LogP contribution in [0.2, 0.25) is 20.1 Å². The third kappa shape index (κ3) is 3.65. The molecule has 0 fully saturated rings. The van der Waals surface area contributed by atoms with Crippen LogP contribution >= 0.6 is 46.4 Å². The highest BCUT2D eigenvalue weighted by Gasteiger charge is 2.52. The van der Waals surface area contributed by atoms with Gasteiger partial charge in [0, 0.05) is 22.2 Å². The molecule has 0 aromatic heterocycles. The third-order valence-electron chi connectivity index (χ3n) is 4.38. The Balaban J connectivity index is 2.64. The fourth-order valence-electron chi connectivity index (χ4n) is 3.20. The topological polar surface area (TPSA) is 94.8 Å². The van der Waals surface area contributed by atoms with Crippen LogP contribution in [0.25, 0.3) is 0 Å². The molecule has 0 amide bonds. The van der Waals surface area contributed by atoms with Crippen molar-refractivity contribution in [2.24, 2.45) is 0 Å². The first kappa shape index (κ1) is 22.0. The van der Waals surface area contributed by atoms with Crippen LogP contribution in [0.1, 0.15) is 16.7 Å². The quantitative estimate of drug-likeness (QED) is 0.182. The van der Waals surface area contributed by atoms with E-state index in [9.17, 15) is 23.2 Å². The van der Waals surface area contributed by atoms with Crippen LogP contribution in [0.15, 0.2) is 54.6 Å². The van der Waals surface area contributed by atoms with Gasteiger partial charge in [-0.1, -0.05) is 76.7 Å². The zero-order valence-corrected chi connectivity index (χ0v) is 18.1. The summed E-state index contributed by atoms with van der Waals surface area (Å²) < 4.78 is 33.9. The molecule has 0 aliphatic rings. The monoisotopic (exact) mass is 492 g/mol. The Morgan fingerprint density at radius 2 is 1.31 bits per heavy atom. The second-order valence-electron chi connectivity index (χ2n) is 6.09. The first-order chi connectivity index (χ1) is 13.5. The van der Waals surface area contributed by atoms with E-state index in [-0.39, 0.29) is 31.2 Å². The summed E-state index contributed by atoms with van der Waals surface area (Å²) in [7, 11) is -5.11. The van der Waals surface area contributed by atoms with Gasteiger partial charge in [0.05, 0.1) is 15.1 Å². The summed E-state index contributed by atoms with van der Waals surface area (Å²) in [6.45, 7) is 0. The first-order valence-corrected chi connectivity index (χ1v) is 10.8. The summed E-state index contributed by atoms with van der Waals surface area (Å²) in [5, 5.41) is 20.2. The van der Waals surface area contributed by atoms with Crippen LogP contribution in [0.5, 0.6) is 11.5 Å². The van der Waals surface area contributed by atoms with E-state index in [1.165, 1.54) is 36.4 Å². The summed E-state index contributed by atoms with van der Waals surface area (Å²) in [5.41, 5.74) is -0.601. The number of hydrogen-bond acceptors (Lipinski definition) is 4. The summed E-state index contributed by atoms with van der Waals surface area (Å²) in [6, 6.07) is 11.9. The molecule has 0 spiro atoms. The zero-order valence-electron chi connectivity index (χ0n) is 14.3. The second kappa shape index (κ2) is 7.87. The van der Waals surface area contributed by atoms with Crippen molar-refractivity contribution in [2.75, 3.05) is 0 Å². The molecule has 0 radical (unpaired) electrons. The summed E-state index contributed by atoms with van der Waals surface area (Å²) in [4.78, 5) is 0. The Kier molecular flexibility index (Phi) is 5.98. The molecule has 3 rings (SSSR count). The predicted octanol–water partition coefficient (Wildman–Crippen LogP) is 5.89. The van der Waals surface area contributed by atoms with Gasteiger partial charge in [0.1, 0.15) is 11.5 Å². The predicted molar refractivity (Wildman–Crippen MR) is 114 cm³/mol.